The molecule has 1 aliphatic heterocycles. The molecular formula is C27H50N3O2+. The van der Waals surface area contributed by atoms with Crippen LogP contribution < -0.4 is 5.73 Å². The first-order valence-corrected chi connectivity index (χ1v) is 13.3. The highest BCUT2D eigenvalue weighted by Gasteiger charge is 2.36. The van der Waals surface area contributed by atoms with E-state index in [1.807, 2.05) is 6.20 Å². The van der Waals surface area contributed by atoms with E-state index in [9.17, 15) is 9.90 Å². The summed E-state index contributed by atoms with van der Waals surface area (Å²) in [5.41, 5.74) is 5.73. The van der Waals surface area contributed by atoms with E-state index < -0.39 is 5.97 Å². The Kier molecular flexibility index (Phi) is 17.0. The molecule has 3 N–H and O–H groups in total. The van der Waals surface area contributed by atoms with Crippen LogP contribution in [0.1, 0.15) is 116 Å². The number of carboxylic acids is 1. The second-order valence-corrected chi connectivity index (χ2v) is 9.34. The summed E-state index contributed by atoms with van der Waals surface area (Å²) in [5, 5.41) is 9.26. The molecule has 5 nitrogen and oxygen atoms in total. The Balaban J connectivity index is 1.95. The van der Waals surface area contributed by atoms with Crippen LogP contribution in [0.4, 0.5) is 0 Å². The summed E-state index contributed by atoms with van der Waals surface area (Å²) in [7, 11) is 0. The molecule has 0 bridgehead atoms. The number of hydrogen-bond acceptors (Lipinski definition) is 3. The van der Waals surface area contributed by atoms with Crippen molar-refractivity contribution in [1.82, 2.24) is 0 Å². The Bertz CT molecular complexity index is 571. The normalized spacial score (nSPS) is 18.0. The molecule has 1 atom stereocenters. The maximum Gasteiger partial charge on any atom is 0.360 e. The summed E-state index contributed by atoms with van der Waals surface area (Å²) in [6, 6.07) is 0. The molecular weight excluding hydrogens is 398 g/mol. The van der Waals surface area contributed by atoms with E-state index in [2.05, 4.69) is 24.1 Å². The summed E-state index contributed by atoms with van der Waals surface area (Å²) in [5.74, 6) is 0.159. The van der Waals surface area contributed by atoms with E-state index in [1.165, 1.54) is 96.3 Å². The van der Waals surface area contributed by atoms with Gasteiger partial charge in [0.15, 0.2) is 6.54 Å². The molecule has 0 aromatic heterocycles. The van der Waals surface area contributed by atoms with Crippen molar-refractivity contribution in [3.8, 4) is 0 Å². The molecule has 0 aliphatic carbocycles. The Morgan fingerprint density at radius 1 is 0.906 bits per heavy atom. The van der Waals surface area contributed by atoms with Crippen LogP contribution in [-0.2, 0) is 4.79 Å². The molecule has 0 radical (unpaired) electrons. The van der Waals surface area contributed by atoms with Gasteiger partial charge >= 0.3 is 5.97 Å². The maximum absolute atomic E-state index is 11.3. The number of nitrogens with zero attached hydrogens (tertiary/aromatic N) is 2. The summed E-state index contributed by atoms with van der Waals surface area (Å²) in [6.07, 6.45) is 30.3. The molecule has 0 spiro atoms. The molecule has 0 aromatic rings. The molecule has 1 aliphatic rings. The minimum atomic E-state index is -0.801. The van der Waals surface area contributed by atoms with Crippen molar-refractivity contribution < 1.29 is 14.4 Å². The molecule has 1 heterocycles. The molecule has 1 rings (SSSR count). The minimum absolute atomic E-state index is 0.0417. The number of aliphatic carboxylic acids is 1. The number of amidine groups is 1. The Hall–Kier alpha value is -1.46. The molecule has 184 valence electrons. The van der Waals surface area contributed by atoms with Crippen LogP contribution in [0.5, 0.6) is 0 Å². The van der Waals surface area contributed by atoms with Gasteiger partial charge in [-0.2, -0.15) is 0 Å². The first-order valence-electron chi connectivity index (χ1n) is 13.3. The van der Waals surface area contributed by atoms with Gasteiger partial charge in [0, 0.05) is 13.0 Å². The zero-order valence-corrected chi connectivity index (χ0v) is 20.8. The van der Waals surface area contributed by atoms with Crippen molar-refractivity contribution in [3.63, 3.8) is 0 Å². The number of allylic oxidation sites excluding steroid dienone is 2. The number of carbonyl (C=O) groups is 1. The average molecular weight is 449 g/mol. The van der Waals surface area contributed by atoms with Gasteiger partial charge in [-0.25, -0.2) is 14.3 Å². The zero-order chi connectivity index (χ0) is 23.3. The van der Waals surface area contributed by atoms with Crippen LogP contribution in [0.2, 0.25) is 0 Å². The fourth-order valence-electron chi connectivity index (χ4n) is 4.52. The van der Waals surface area contributed by atoms with Gasteiger partial charge in [-0.3, -0.25) is 0 Å². The highest BCUT2D eigenvalue weighted by Crippen LogP contribution is 2.21. The SMILES string of the molecule is CCCCCCCCC/C=C/CCCCCCCCCC1=NC=C[N+]1(CCN)CC(=O)O. The largest absolute Gasteiger partial charge is 0.477 e. The van der Waals surface area contributed by atoms with Gasteiger partial charge in [-0.05, 0) is 32.1 Å². The van der Waals surface area contributed by atoms with Crippen LogP contribution >= 0.6 is 0 Å². The molecule has 0 saturated carbocycles. The third-order valence-corrected chi connectivity index (χ3v) is 6.45. The van der Waals surface area contributed by atoms with E-state index >= 15 is 0 Å². The number of aliphatic imine (C=N–C) groups is 1. The first kappa shape index (κ1) is 28.6. The van der Waals surface area contributed by atoms with Crippen LogP contribution in [0.15, 0.2) is 29.5 Å². The van der Waals surface area contributed by atoms with E-state index in [0.717, 1.165) is 18.7 Å². The fourth-order valence-corrected chi connectivity index (χ4v) is 4.52. The molecule has 1 unspecified atom stereocenters. The van der Waals surface area contributed by atoms with E-state index in [1.54, 1.807) is 6.20 Å². The lowest BCUT2D eigenvalue weighted by atomic mass is 10.1. The van der Waals surface area contributed by atoms with Crippen LogP contribution in [-0.4, -0.2) is 41.0 Å². The van der Waals surface area contributed by atoms with Crippen molar-refractivity contribution in [1.29, 1.82) is 0 Å². The second-order valence-electron chi connectivity index (χ2n) is 9.34. The smallest absolute Gasteiger partial charge is 0.360 e. The second kappa shape index (κ2) is 19.0. The van der Waals surface area contributed by atoms with Crippen LogP contribution in [0.3, 0.4) is 0 Å². The van der Waals surface area contributed by atoms with Crippen LogP contribution in [0, 0.1) is 0 Å². The summed E-state index contributed by atoms with van der Waals surface area (Å²) < 4.78 is 0.304. The number of quaternary nitrogens is 1. The van der Waals surface area contributed by atoms with Gasteiger partial charge in [0.1, 0.15) is 12.7 Å². The maximum atomic E-state index is 11.3. The monoisotopic (exact) mass is 448 g/mol. The van der Waals surface area contributed by atoms with Gasteiger partial charge in [-0.1, -0.05) is 89.7 Å². The number of carboxylic acid groups (broad SMARTS) is 1. The molecule has 0 aromatic carbocycles. The summed E-state index contributed by atoms with van der Waals surface area (Å²) in [4.78, 5) is 15.7. The predicted molar refractivity (Wildman–Crippen MR) is 137 cm³/mol. The topological polar surface area (TPSA) is 75.7 Å². The summed E-state index contributed by atoms with van der Waals surface area (Å²) >= 11 is 0. The molecule has 0 amide bonds. The quantitative estimate of drug-likeness (QED) is 0.107. The Morgan fingerprint density at radius 2 is 1.44 bits per heavy atom. The molecule has 0 fully saturated rings. The van der Waals surface area contributed by atoms with Crippen molar-refractivity contribution in [2.75, 3.05) is 19.6 Å². The Morgan fingerprint density at radius 3 is 1.97 bits per heavy atom. The fraction of sp³-hybridized carbons (Fsp3) is 0.778. The zero-order valence-electron chi connectivity index (χ0n) is 20.8. The first-order chi connectivity index (χ1) is 15.6. The predicted octanol–water partition coefficient (Wildman–Crippen LogP) is 6.94. The molecule has 32 heavy (non-hydrogen) atoms. The van der Waals surface area contributed by atoms with Crippen molar-refractivity contribution >= 4 is 11.8 Å². The van der Waals surface area contributed by atoms with E-state index in [4.69, 9.17) is 5.73 Å². The number of unbranched alkanes of at least 4 members (excludes halogenated alkanes) is 14. The lowest BCUT2D eigenvalue weighted by molar-refractivity contribution is -0.778. The average Bonchev–Trinajstić information content (AvgIpc) is 3.14. The van der Waals surface area contributed by atoms with E-state index in [0.29, 0.717) is 17.6 Å². The van der Waals surface area contributed by atoms with Crippen molar-refractivity contribution in [3.05, 3.63) is 24.6 Å². The van der Waals surface area contributed by atoms with Gasteiger partial charge in [-0.15, -0.1) is 0 Å². The standard InChI is InChI=1S/C27H49N3O2/c1-2-3-4-5-6-7-8-9-10-11-12-13-14-15-16-17-18-19-20-26-29-22-24-30(26,23-21-28)25-27(31)32/h10-11,22,24H,2-9,12-21,23,25,28H2,1H3/p+1/b11-10+. The Labute approximate surface area is 197 Å². The third kappa shape index (κ3) is 13.2. The molecule has 5 heteroatoms. The molecule has 0 saturated heterocycles. The lowest BCUT2D eigenvalue weighted by Gasteiger charge is -2.30. The number of rotatable bonds is 22. The number of hydrogen-bond donors (Lipinski definition) is 2. The lowest BCUT2D eigenvalue weighted by Crippen LogP contribution is -2.52. The van der Waals surface area contributed by atoms with Gasteiger partial charge in [0.2, 0.25) is 5.84 Å². The third-order valence-electron chi connectivity index (χ3n) is 6.45. The van der Waals surface area contributed by atoms with Gasteiger partial charge < -0.3 is 10.8 Å². The minimum Gasteiger partial charge on any atom is -0.477 e. The van der Waals surface area contributed by atoms with E-state index in [-0.39, 0.29) is 6.54 Å². The van der Waals surface area contributed by atoms with Crippen molar-refractivity contribution in [2.24, 2.45) is 10.7 Å². The number of nitrogens with two attached hydrogens (primary N) is 1. The summed E-state index contributed by atoms with van der Waals surface area (Å²) in [6.45, 7) is 3.39. The van der Waals surface area contributed by atoms with Crippen molar-refractivity contribution in [2.45, 2.75) is 116 Å². The van der Waals surface area contributed by atoms with Crippen LogP contribution in [0.25, 0.3) is 0 Å². The van der Waals surface area contributed by atoms with Gasteiger partial charge in [0.05, 0.1) is 6.20 Å². The highest BCUT2D eigenvalue weighted by molar-refractivity contribution is 5.81. The highest BCUT2D eigenvalue weighted by atomic mass is 16.4. The van der Waals surface area contributed by atoms with Gasteiger partial charge in [0.25, 0.3) is 0 Å².